The molecule has 0 saturated carbocycles. The van der Waals surface area contributed by atoms with Crippen molar-refractivity contribution in [3.63, 3.8) is 0 Å². The SMILES string of the molecule is NS(=O)(=O)c1ccc(-n2cc(C(=O)O)cn2)c([N+](=O)[O-])c1. The maximum Gasteiger partial charge on any atom is 0.338 e. The van der Waals surface area contributed by atoms with Crippen LogP contribution in [0.4, 0.5) is 5.69 Å². The minimum Gasteiger partial charge on any atom is -0.478 e. The standard InChI is InChI=1S/C10H8N4O6S/c11-21(19,20)7-1-2-8(9(3-7)14(17)18)13-5-6(4-12-13)10(15)16/h1-5H,(H,15,16)(H2,11,19,20). The van der Waals surface area contributed by atoms with Crippen molar-refractivity contribution in [3.8, 4) is 5.69 Å². The normalized spacial score (nSPS) is 11.3. The lowest BCUT2D eigenvalue weighted by atomic mass is 10.2. The molecule has 110 valence electrons. The Bertz CT molecular complexity index is 841. The predicted octanol–water partition coefficient (Wildman–Crippen LogP) is 0.126. The second-order valence-corrected chi connectivity index (χ2v) is 5.49. The molecule has 0 aliphatic rings. The van der Waals surface area contributed by atoms with Crippen molar-refractivity contribution < 1.29 is 23.2 Å². The zero-order valence-corrected chi connectivity index (χ0v) is 11.0. The average molecular weight is 312 g/mol. The third kappa shape index (κ3) is 2.88. The van der Waals surface area contributed by atoms with Gasteiger partial charge in [-0.3, -0.25) is 10.1 Å². The van der Waals surface area contributed by atoms with Crippen molar-refractivity contribution in [1.82, 2.24) is 9.78 Å². The van der Waals surface area contributed by atoms with Crippen LogP contribution in [0.2, 0.25) is 0 Å². The van der Waals surface area contributed by atoms with Gasteiger partial charge in [0.1, 0.15) is 5.69 Å². The summed E-state index contributed by atoms with van der Waals surface area (Å²) in [6.45, 7) is 0. The van der Waals surface area contributed by atoms with Crippen LogP contribution in [-0.4, -0.2) is 34.2 Å². The van der Waals surface area contributed by atoms with Gasteiger partial charge in [0.15, 0.2) is 0 Å². The van der Waals surface area contributed by atoms with E-state index in [0.717, 1.165) is 35.3 Å². The predicted molar refractivity (Wildman–Crippen MR) is 68.6 cm³/mol. The number of carbonyl (C=O) groups is 1. The van der Waals surface area contributed by atoms with E-state index < -0.39 is 31.5 Å². The molecule has 0 amide bonds. The molecule has 1 aromatic carbocycles. The van der Waals surface area contributed by atoms with Crippen molar-refractivity contribution in [3.05, 3.63) is 46.3 Å². The molecule has 21 heavy (non-hydrogen) atoms. The number of nitrogens with zero attached hydrogens (tertiary/aromatic N) is 3. The third-order valence-corrected chi connectivity index (χ3v) is 3.46. The molecule has 1 heterocycles. The first kappa shape index (κ1) is 14.6. The Labute approximate surface area is 117 Å². The van der Waals surface area contributed by atoms with E-state index in [-0.39, 0.29) is 11.3 Å². The summed E-state index contributed by atoms with van der Waals surface area (Å²) in [5, 5.41) is 28.4. The number of nitro groups is 1. The lowest BCUT2D eigenvalue weighted by Crippen LogP contribution is -2.13. The Balaban J connectivity index is 2.63. The number of sulfonamides is 1. The summed E-state index contributed by atoms with van der Waals surface area (Å²) in [4.78, 5) is 20.6. The number of carboxylic acids is 1. The Morgan fingerprint density at radius 3 is 2.57 bits per heavy atom. The topological polar surface area (TPSA) is 158 Å². The van der Waals surface area contributed by atoms with Crippen molar-refractivity contribution in [2.45, 2.75) is 4.90 Å². The van der Waals surface area contributed by atoms with Crippen LogP contribution in [-0.2, 0) is 10.0 Å². The lowest BCUT2D eigenvalue weighted by molar-refractivity contribution is -0.384. The van der Waals surface area contributed by atoms with E-state index in [1.54, 1.807) is 0 Å². The van der Waals surface area contributed by atoms with E-state index in [1.165, 1.54) is 0 Å². The van der Waals surface area contributed by atoms with Crippen LogP contribution in [0.15, 0.2) is 35.5 Å². The zero-order valence-electron chi connectivity index (χ0n) is 10.2. The first-order valence-electron chi connectivity index (χ1n) is 5.30. The molecule has 3 N–H and O–H groups in total. The molecule has 0 saturated heterocycles. The van der Waals surface area contributed by atoms with Gasteiger partial charge < -0.3 is 5.11 Å². The molecule has 2 aromatic rings. The summed E-state index contributed by atoms with van der Waals surface area (Å²) < 4.78 is 23.4. The summed E-state index contributed by atoms with van der Waals surface area (Å²) >= 11 is 0. The number of hydrogen-bond donors (Lipinski definition) is 2. The summed E-state index contributed by atoms with van der Waals surface area (Å²) in [5.74, 6) is -1.25. The van der Waals surface area contributed by atoms with Crippen LogP contribution >= 0.6 is 0 Å². The molecule has 0 bridgehead atoms. The van der Waals surface area contributed by atoms with Gasteiger partial charge in [0, 0.05) is 12.3 Å². The van der Waals surface area contributed by atoms with Crippen LogP contribution in [0.3, 0.4) is 0 Å². The molecule has 0 aliphatic heterocycles. The van der Waals surface area contributed by atoms with Gasteiger partial charge in [0.05, 0.1) is 21.6 Å². The molecular formula is C10H8N4O6S. The molecule has 0 spiro atoms. The smallest absolute Gasteiger partial charge is 0.338 e. The summed E-state index contributed by atoms with van der Waals surface area (Å²) in [6, 6.07) is 2.98. The van der Waals surface area contributed by atoms with Crippen LogP contribution in [0, 0.1) is 10.1 Å². The van der Waals surface area contributed by atoms with Gasteiger partial charge in [-0.1, -0.05) is 0 Å². The molecule has 0 radical (unpaired) electrons. The lowest BCUT2D eigenvalue weighted by Gasteiger charge is -2.04. The van der Waals surface area contributed by atoms with E-state index >= 15 is 0 Å². The fourth-order valence-corrected chi connectivity index (χ4v) is 2.12. The van der Waals surface area contributed by atoms with Crippen LogP contribution < -0.4 is 5.14 Å². The highest BCUT2D eigenvalue weighted by Gasteiger charge is 2.21. The largest absolute Gasteiger partial charge is 0.478 e. The molecule has 11 heteroatoms. The number of aromatic nitrogens is 2. The van der Waals surface area contributed by atoms with E-state index in [2.05, 4.69) is 5.10 Å². The minimum atomic E-state index is -4.09. The van der Waals surface area contributed by atoms with Crippen molar-refractivity contribution >= 4 is 21.7 Å². The second kappa shape index (κ2) is 4.96. The third-order valence-electron chi connectivity index (χ3n) is 2.55. The van der Waals surface area contributed by atoms with E-state index in [9.17, 15) is 23.3 Å². The number of benzene rings is 1. The maximum atomic E-state index is 11.2. The number of carboxylic acid groups (broad SMARTS) is 1. The zero-order chi connectivity index (χ0) is 15.8. The van der Waals surface area contributed by atoms with Gasteiger partial charge in [-0.25, -0.2) is 23.0 Å². The molecule has 1 aromatic heterocycles. The van der Waals surface area contributed by atoms with Crippen molar-refractivity contribution in [1.29, 1.82) is 0 Å². The highest BCUT2D eigenvalue weighted by atomic mass is 32.2. The Morgan fingerprint density at radius 1 is 1.43 bits per heavy atom. The van der Waals surface area contributed by atoms with Crippen LogP contribution in [0.5, 0.6) is 0 Å². The Morgan fingerprint density at radius 2 is 2.10 bits per heavy atom. The first-order valence-corrected chi connectivity index (χ1v) is 6.84. The summed E-state index contributed by atoms with van der Waals surface area (Å²) in [6.07, 6.45) is 2.08. The van der Waals surface area contributed by atoms with Crippen LogP contribution in [0.25, 0.3) is 5.69 Å². The Hall–Kier alpha value is -2.79. The van der Waals surface area contributed by atoms with E-state index in [1.807, 2.05) is 0 Å². The molecule has 0 atom stereocenters. The quantitative estimate of drug-likeness (QED) is 0.599. The Kier molecular flexibility index (Phi) is 3.45. The molecule has 10 nitrogen and oxygen atoms in total. The molecule has 0 aliphatic carbocycles. The fraction of sp³-hybridized carbons (Fsp3) is 0. The van der Waals surface area contributed by atoms with Gasteiger partial charge >= 0.3 is 5.97 Å². The molecule has 0 unspecified atom stereocenters. The van der Waals surface area contributed by atoms with Gasteiger partial charge in [0.25, 0.3) is 5.69 Å². The van der Waals surface area contributed by atoms with Gasteiger partial charge in [-0.15, -0.1) is 0 Å². The first-order chi connectivity index (χ1) is 9.70. The number of rotatable bonds is 4. The van der Waals surface area contributed by atoms with Crippen molar-refractivity contribution in [2.24, 2.45) is 5.14 Å². The number of primary sulfonamides is 1. The average Bonchev–Trinajstić information content (AvgIpc) is 2.86. The highest BCUT2D eigenvalue weighted by molar-refractivity contribution is 7.89. The molecule has 0 fully saturated rings. The highest BCUT2D eigenvalue weighted by Crippen LogP contribution is 2.25. The summed E-state index contributed by atoms with van der Waals surface area (Å²) in [5.41, 5.74) is -0.818. The number of nitro benzene ring substituents is 1. The van der Waals surface area contributed by atoms with Crippen molar-refractivity contribution in [2.75, 3.05) is 0 Å². The van der Waals surface area contributed by atoms with Gasteiger partial charge in [-0.05, 0) is 12.1 Å². The minimum absolute atomic E-state index is 0.0834. The molecule has 2 rings (SSSR count). The fourth-order valence-electron chi connectivity index (χ4n) is 1.59. The van der Waals surface area contributed by atoms with E-state index in [4.69, 9.17) is 10.2 Å². The number of hydrogen-bond acceptors (Lipinski definition) is 6. The monoisotopic (exact) mass is 312 g/mol. The van der Waals surface area contributed by atoms with Gasteiger partial charge in [0.2, 0.25) is 10.0 Å². The number of aromatic carboxylic acids is 1. The summed E-state index contributed by atoms with van der Waals surface area (Å²) in [7, 11) is -4.09. The number of nitrogens with two attached hydrogens (primary N) is 1. The van der Waals surface area contributed by atoms with E-state index in [0.29, 0.717) is 0 Å². The van der Waals surface area contributed by atoms with Gasteiger partial charge in [-0.2, -0.15) is 5.10 Å². The second-order valence-electron chi connectivity index (χ2n) is 3.93. The molecular weight excluding hydrogens is 304 g/mol. The van der Waals surface area contributed by atoms with Crippen LogP contribution in [0.1, 0.15) is 10.4 Å². The maximum absolute atomic E-state index is 11.2.